The Morgan fingerprint density at radius 2 is 0.964 bits per heavy atom. The summed E-state index contributed by atoms with van der Waals surface area (Å²) < 4.78 is 64.4. The van der Waals surface area contributed by atoms with E-state index < -0.39 is 72.4 Å². The number of halogens is 6. The van der Waals surface area contributed by atoms with Crippen LogP contribution >= 0.6 is 31.9 Å². The highest BCUT2D eigenvalue weighted by Crippen LogP contribution is 2.21. The molecule has 10 heteroatoms. The summed E-state index contributed by atoms with van der Waals surface area (Å²) in [6.07, 6.45) is -0.853. The van der Waals surface area contributed by atoms with E-state index in [0.29, 0.717) is 0 Å². The number of ether oxygens (including phenoxy) is 2. The maximum Gasteiger partial charge on any atom is 0.306 e. The van der Waals surface area contributed by atoms with E-state index in [4.69, 9.17) is 9.47 Å². The Morgan fingerprint density at radius 3 is 1.25 bits per heavy atom. The first-order chi connectivity index (χ1) is 13.2. The minimum Gasteiger partial charge on any atom is -0.461 e. The van der Waals surface area contributed by atoms with Crippen LogP contribution in [0, 0.1) is 23.3 Å². The molecule has 0 atom stereocenters. The van der Waals surface area contributed by atoms with Gasteiger partial charge >= 0.3 is 11.9 Å². The number of benzene rings is 2. The molecule has 2 rings (SSSR count). The number of hydrogen-bond donors (Lipinski definition) is 0. The molecular formula is C18H12Br2F4O4. The van der Waals surface area contributed by atoms with E-state index in [1.807, 2.05) is 0 Å². The maximum absolute atomic E-state index is 13.6. The van der Waals surface area contributed by atoms with Crippen LogP contribution in [-0.2, 0) is 32.3 Å². The van der Waals surface area contributed by atoms with Gasteiger partial charge in [0.1, 0.15) is 36.5 Å². The summed E-state index contributed by atoms with van der Waals surface area (Å²) in [6.45, 7) is -1.29. The smallest absolute Gasteiger partial charge is 0.306 e. The minimum atomic E-state index is -0.891. The van der Waals surface area contributed by atoms with Gasteiger partial charge in [-0.1, -0.05) is 31.9 Å². The Balaban J connectivity index is 1.79. The summed E-state index contributed by atoms with van der Waals surface area (Å²) in [7, 11) is 0. The Bertz CT molecular complexity index is 786. The lowest BCUT2D eigenvalue weighted by molar-refractivity contribution is -0.151. The lowest BCUT2D eigenvalue weighted by Gasteiger charge is -2.09. The molecule has 2 aromatic rings. The third-order valence-corrected chi connectivity index (χ3v) is 4.42. The monoisotopic (exact) mass is 526 g/mol. The van der Waals surface area contributed by atoms with Gasteiger partial charge < -0.3 is 9.47 Å². The van der Waals surface area contributed by atoms with E-state index in [0.717, 1.165) is 24.3 Å². The van der Waals surface area contributed by atoms with Crippen LogP contribution in [0.2, 0.25) is 0 Å². The third kappa shape index (κ3) is 6.30. The van der Waals surface area contributed by atoms with Crippen molar-refractivity contribution in [3.8, 4) is 0 Å². The van der Waals surface area contributed by atoms with Crippen molar-refractivity contribution in [3.63, 3.8) is 0 Å². The molecule has 0 fully saturated rings. The summed E-state index contributed by atoms with van der Waals surface area (Å²) in [4.78, 5) is 23.2. The van der Waals surface area contributed by atoms with Gasteiger partial charge in [-0.3, -0.25) is 9.59 Å². The molecule has 4 nitrogen and oxygen atoms in total. The highest BCUT2D eigenvalue weighted by molar-refractivity contribution is 9.10. The highest BCUT2D eigenvalue weighted by Gasteiger charge is 2.16. The standard InChI is InChI=1S/C18H12Br2F4O4/c19-9-3-13(21)11(14(22)4-9)7-27-17(25)1-2-18(26)28-8-12-15(23)5-10(20)6-16(12)24/h3-6H,1-2,7-8H2. The molecule has 0 unspecified atom stereocenters. The molecule has 0 aliphatic heterocycles. The van der Waals surface area contributed by atoms with Gasteiger partial charge in [-0.15, -0.1) is 0 Å². The van der Waals surface area contributed by atoms with Crippen LogP contribution in [0.1, 0.15) is 24.0 Å². The second kappa shape index (κ2) is 10.0. The zero-order chi connectivity index (χ0) is 20.8. The number of esters is 2. The Kier molecular flexibility index (Phi) is 7.99. The Labute approximate surface area is 174 Å². The van der Waals surface area contributed by atoms with Gasteiger partial charge in [0.2, 0.25) is 0 Å². The van der Waals surface area contributed by atoms with Crippen molar-refractivity contribution in [2.45, 2.75) is 26.1 Å². The largest absolute Gasteiger partial charge is 0.461 e. The van der Waals surface area contributed by atoms with Gasteiger partial charge in [-0.25, -0.2) is 17.6 Å². The third-order valence-electron chi connectivity index (χ3n) is 3.50. The molecule has 28 heavy (non-hydrogen) atoms. The molecule has 0 amide bonds. The number of rotatable bonds is 7. The van der Waals surface area contributed by atoms with Gasteiger partial charge in [0.05, 0.1) is 24.0 Å². The highest BCUT2D eigenvalue weighted by atomic mass is 79.9. The fourth-order valence-electron chi connectivity index (χ4n) is 2.07. The van der Waals surface area contributed by atoms with Crippen molar-refractivity contribution >= 4 is 43.8 Å². The zero-order valence-electron chi connectivity index (χ0n) is 14.0. The molecule has 0 saturated carbocycles. The molecule has 0 radical (unpaired) electrons. The van der Waals surface area contributed by atoms with Gasteiger partial charge in [0, 0.05) is 8.95 Å². The molecule has 0 N–H and O–H groups in total. The molecule has 0 heterocycles. The maximum atomic E-state index is 13.6. The molecule has 150 valence electrons. The fraction of sp³-hybridized carbons (Fsp3) is 0.222. The Hall–Kier alpha value is -1.94. The number of carbonyl (C=O) groups excluding carboxylic acids is 2. The van der Waals surface area contributed by atoms with E-state index >= 15 is 0 Å². The molecular weight excluding hydrogens is 516 g/mol. The van der Waals surface area contributed by atoms with Gasteiger partial charge in [0.25, 0.3) is 0 Å². The van der Waals surface area contributed by atoms with E-state index in [2.05, 4.69) is 31.9 Å². The van der Waals surface area contributed by atoms with Crippen LogP contribution < -0.4 is 0 Å². The molecule has 2 aromatic carbocycles. The average Bonchev–Trinajstić information content (AvgIpc) is 2.58. The summed E-state index contributed by atoms with van der Waals surface area (Å²) in [5, 5.41) is 0. The van der Waals surface area contributed by atoms with Crippen molar-refractivity contribution in [1.82, 2.24) is 0 Å². The van der Waals surface area contributed by atoms with Gasteiger partial charge in [-0.05, 0) is 24.3 Å². The molecule has 0 aliphatic carbocycles. The molecule has 0 spiro atoms. The minimum absolute atomic E-state index is 0.193. The van der Waals surface area contributed by atoms with E-state index in [1.165, 1.54) is 0 Å². The summed E-state index contributed by atoms with van der Waals surface area (Å²) in [6, 6.07) is 4.07. The molecule has 0 bridgehead atoms. The van der Waals surface area contributed by atoms with E-state index in [1.54, 1.807) is 0 Å². The SMILES string of the molecule is O=C(CCC(=O)OCc1c(F)cc(Br)cc1F)OCc1c(F)cc(Br)cc1F. The van der Waals surface area contributed by atoms with Crippen molar-refractivity contribution in [2.24, 2.45) is 0 Å². The van der Waals surface area contributed by atoms with E-state index in [9.17, 15) is 27.2 Å². The number of carbonyl (C=O) groups is 2. The van der Waals surface area contributed by atoms with Crippen LogP contribution in [0.4, 0.5) is 17.6 Å². The van der Waals surface area contributed by atoms with Crippen molar-refractivity contribution in [3.05, 3.63) is 67.6 Å². The normalized spacial score (nSPS) is 10.6. The molecule has 0 aromatic heterocycles. The predicted molar refractivity (Wildman–Crippen MR) is 96.9 cm³/mol. The van der Waals surface area contributed by atoms with Crippen LogP contribution in [0.25, 0.3) is 0 Å². The first kappa shape index (κ1) is 22.4. The quantitative estimate of drug-likeness (QED) is 0.360. The van der Waals surface area contributed by atoms with Crippen LogP contribution in [0.15, 0.2) is 33.2 Å². The summed E-state index contributed by atoms with van der Waals surface area (Å²) >= 11 is 5.85. The second-order valence-corrected chi connectivity index (χ2v) is 7.35. The summed E-state index contributed by atoms with van der Waals surface area (Å²) in [5.74, 6) is -5.34. The van der Waals surface area contributed by atoms with Crippen molar-refractivity contribution in [2.75, 3.05) is 0 Å². The van der Waals surface area contributed by atoms with Crippen LogP contribution in [-0.4, -0.2) is 11.9 Å². The van der Waals surface area contributed by atoms with Crippen LogP contribution in [0.5, 0.6) is 0 Å². The van der Waals surface area contributed by atoms with Crippen molar-refractivity contribution in [1.29, 1.82) is 0 Å². The molecule has 0 saturated heterocycles. The Morgan fingerprint density at radius 1 is 0.679 bits per heavy atom. The lowest BCUT2D eigenvalue weighted by Crippen LogP contribution is -2.12. The topological polar surface area (TPSA) is 52.6 Å². The fourth-order valence-corrected chi connectivity index (χ4v) is 2.88. The molecule has 0 aliphatic rings. The van der Waals surface area contributed by atoms with Crippen LogP contribution in [0.3, 0.4) is 0 Å². The lowest BCUT2D eigenvalue weighted by atomic mass is 10.2. The first-order valence-electron chi connectivity index (χ1n) is 7.75. The first-order valence-corrected chi connectivity index (χ1v) is 9.34. The second-order valence-electron chi connectivity index (χ2n) is 5.52. The van der Waals surface area contributed by atoms with Crippen molar-refractivity contribution < 1.29 is 36.6 Å². The zero-order valence-corrected chi connectivity index (χ0v) is 17.2. The van der Waals surface area contributed by atoms with Gasteiger partial charge in [0.15, 0.2) is 0 Å². The van der Waals surface area contributed by atoms with E-state index in [-0.39, 0.29) is 8.95 Å². The summed E-state index contributed by atoms with van der Waals surface area (Å²) in [5.41, 5.74) is -0.861. The number of hydrogen-bond acceptors (Lipinski definition) is 4. The van der Waals surface area contributed by atoms with Gasteiger partial charge in [-0.2, -0.15) is 0 Å². The average molecular weight is 528 g/mol. The predicted octanol–water partition coefficient (Wildman–Crippen LogP) is 5.33.